The number of carboxylic acids is 1. The van der Waals surface area contributed by atoms with E-state index >= 15 is 0 Å². The van der Waals surface area contributed by atoms with E-state index in [2.05, 4.69) is 0 Å². The van der Waals surface area contributed by atoms with Crippen LogP contribution in [0.4, 0.5) is 5.69 Å². The largest absolute Gasteiger partial charge is 0.478 e. The van der Waals surface area contributed by atoms with E-state index in [0.29, 0.717) is 5.69 Å². The molecule has 19 heavy (non-hydrogen) atoms. The topological polar surface area (TPSA) is 94.9 Å². The molecule has 1 aromatic rings. The van der Waals surface area contributed by atoms with E-state index in [9.17, 15) is 13.2 Å². The Balaban J connectivity index is 3.17. The highest BCUT2D eigenvalue weighted by Crippen LogP contribution is 2.21. The second kappa shape index (κ2) is 6.03. The van der Waals surface area contributed by atoms with E-state index in [-0.39, 0.29) is 18.7 Å². The third-order valence-electron chi connectivity index (χ3n) is 2.61. The maximum absolute atomic E-state index is 12.1. The van der Waals surface area contributed by atoms with Gasteiger partial charge in [-0.2, -0.15) is 0 Å². The van der Waals surface area contributed by atoms with Crippen molar-refractivity contribution < 1.29 is 23.4 Å². The summed E-state index contributed by atoms with van der Waals surface area (Å²) in [6.45, 7) is 2.72. The number of benzene rings is 1. The molecule has 0 amide bonds. The molecule has 0 unspecified atom stereocenters. The van der Waals surface area contributed by atoms with Gasteiger partial charge in [0.1, 0.15) is 0 Å². The van der Waals surface area contributed by atoms with Gasteiger partial charge in [0.05, 0.1) is 29.7 Å². The lowest BCUT2D eigenvalue weighted by molar-refractivity contribution is 0.0697. The van der Waals surface area contributed by atoms with Crippen molar-refractivity contribution in [1.29, 1.82) is 0 Å². The number of rotatable bonds is 6. The van der Waals surface area contributed by atoms with Crippen molar-refractivity contribution in [2.45, 2.75) is 19.1 Å². The van der Waals surface area contributed by atoms with Gasteiger partial charge in [-0.3, -0.25) is 4.31 Å². The second-order valence-corrected chi connectivity index (χ2v) is 6.65. The third-order valence-corrected chi connectivity index (χ3v) is 4.81. The third kappa shape index (κ3) is 3.45. The fraction of sp³-hybridized carbons (Fsp3) is 0.417. The van der Waals surface area contributed by atoms with Crippen LogP contribution in [0.2, 0.25) is 0 Å². The zero-order chi connectivity index (χ0) is 14.6. The van der Waals surface area contributed by atoms with Crippen LogP contribution in [0.3, 0.4) is 0 Å². The van der Waals surface area contributed by atoms with Gasteiger partial charge in [-0.15, -0.1) is 0 Å². The summed E-state index contributed by atoms with van der Waals surface area (Å²) in [6.07, 6.45) is 0. The van der Waals surface area contributed by atoms with Crippen LogP contribution in [-0.4, -0.2) is 43.0 Å². The van der Waals surface area contributed by atoms with Crippen molar-refractivity contribution in [3.63, 3.8) is 0 Å². The number of carbonyl (C=O) groups is 1. The van der Waals surface area contributed by atoms with Crippen LogP contribution in [0.1, 0.15) is 24.2 Å². The maximum Gasteiger partial charge on any atom is 0.335 e. The molecule has 0 aliphatic rings. The molecule has 1 aromatic carbocycles. The molecule has 1 rings (SSSR count). The van der Waals surface area contributed by atoms with Crippen molar-refractivity contribution in [2.75, 3.05) is 17.5 Å². The van der Waals surface area contributed by atoms with E-state index < -0.39 is 21.2 Å². The summed E-state index contributed by atoms with van der Waals surface area (Å²) < 4.78 is 25.4. The average Bonchev–Trinajstić information content (AvgIpc) is 2.35. The Kier molecular flexibility index (Phi) is 4.90. The fourth-order valence-corrected chi connectivity index (χ4v) is 2.78. The van der Waals surface area contributed by atoms with Crippen molar-refractivity contribution in [2.24, 2.45) is 0 Å². The number of carboxylic acid groups (broad SMARTS) is 1. The molecule has 0 atom stereocenters. The molecule has 0 bridgehead atoms. The van der Waals surface area contributed by atoms with Crippen LogP contribution in [0.15, 0.2) is 24.3 Å². The Hall–Kier alpha value is -1.60. The summed E-state index contributed by atoms with van der Waals surface area (Å²) in [5.74, 6) is -1.08. The summed E-state index contributed by atoms with van der Waals surface area (Å²) in [5, 5.41) is 17.2. The SMILES string of the molecule is CC(C)S(=O)(=O)N(CCO)c1ccc(C(=O)O)cc1. The van der Waals surface area contributed by atoms with Gasteiger partial charge < -0.3 is 10.2 Å². The van der Waals surface area contributed by atoms with Crippen LogP contribution >= 0.6 is 0 Å². The van der Waals surface area contributed by atoms with Gasteiger partial charge in [0.2, 0.25) is 10.0 Å². The molecule has 7 heteroatoms. The van der Waals surface area contributed by atoms with E-state index in [0.717, 1.165) is 4.31 Å². The molecule has 0 radical (unpaired) electrons. The number of sulfonamides is 1. The first-order chi connectivity index (χ1) is 8.80. The number of aromatic carboxylic acids is 1. The van der Waals surface area contributed by atoms with E-state index in [1.54, 1.807) is 13.8 Å². The Morgan fingerprint density at radius 1 is 1.26 bits per heavy atom. The smallest absolute Gasteiger partial charge is 0.335 e. The number of aliphatic hydroxyl groups excluding tert-OH is 1. The molecule has 0 heterocycles. The molecule has 2 N–H and O–H groups in total. The number of anilines is 1. The van der Waals surface area contributed by atoms with Crippen LogP contribution < -0.4 is 4.31 Å². The Morgan fingerprint density at radius 2 is 1.79 bits per heavy atom. The molecule has 0 aliphatic heterocycles. The van der Waals surface area contributed by atoms with Crippen LogP contribution in [0.5, 0.6) is 0 Å². The molecule has 0 saturated carbocycles. The van der Waals surface area contributed by atoms with Crippen LogP contribution in [0.25, 0.3) is 0 Å². The molecule has 106 valence electrons. The van der Waals surface area contributed by atoms with Gasteiger partial charge in [0, 0.05) is 0 Å². The normalized spacial score (nSPS) is 11.6. The van der Waals surface area contributed by atoms with Crippen LogP contribution in [0, 0.1) is 0 Å². The second-order valence-electron chi connectivity index (χ2n) is 4.24. The van der Waals surface area contributed by atoms with Gasteiger partial charge in [0.25, 0.3) is 0 Å². The monoisotopic (exact) mass is 287 g/mol. The molecule has 0 fully saturated rings. The predicted molar refractivity (Wildman–Crippen MR) is 71.9 cm³/mol. The Labute approximate surface area is 112 Å². The summed E-state index contributed by atoms with van der Waals surface area (Å²) in [4.78, 5) is 10.7. The zero-order valence-electron chi connectivity index (χ0n) is 10.8. The average molecular weight is 287 g/mol. The fourth-order valence-electron chi connectivity index (χ4n) is 1.52. The number of aliphatic hydroxyl groups is 1. The van der Waals surface area contributed by atoms with Crippen LogP contribution in [-0.2, 0) is 10.0 Å². The number of hydrogen-bond acceptors (Lipinski definition) is 4. The van der Waals surface area contributed by atoms with Gasteiger partial charge in [-0.05, 0) is 38.1 Å². The summed E-state index contributed by atoms with van der Waals surface area (Å²) in [5.41, 5.74) is 0.419. The van der Waals surface area contributed by atoms with E-state index in [4.69, 9.17) is 10.2 Å². The molecule has 0 aliphatic carbocycles. The van der Waals surface area contributed by atoms with Crippen molar-refractivity contribution in [3.05, 3.63) is 29.8 Å². The van der Waals surface area contributed by atoms with Crippen molar-refractivity contribution in [1.82, 2.24) is 0 Å². The first-order valence-electron chi connectivity index (χ1n) is 5.76. The Bertz CT molecular complexity index is 536. The number of nitrogens with zero attached hydrogens (tertiary/aromatic N) is 1. The lowest BCUT2D eigenvalue weighted by atomic mass is 10.2. The van der Waals surface area contributed by atoms with Gasteiger partial charge >= 0.3 is 5.97 Å². The minimum Gasteiger partial charge on any atom is -0.478 e. The molecule has 0 aromatic heterocycles. The highest BCUT2D eigenvalue weighted by Gasteiger charge is 2.25. The van der Waals surface area contributed by atoms with Gasteiger partial charge in [-0.1, -0.05) is 0 Å². The molecular weight excluding hydrogens is 270 g/mol. The lowest BCUT2D eigenvalue weighted by Crippen LogP contribution is -2.38. The molecule has 0 spiro atoms. The van der Waals surface area contributed by atoms with E-state index in [1.807, 2.05) is 0 Å². The zero-order valence-corrected chi connectivity index (χ0v) is 11.6. The minimum absolute atomic E-state index is 0.0626. The first-order valence-corrected chi connectivity index (χ1v) is 7.26. The number of hydrogen-bond donors (Lipinski definition) is 2. The van der Waals surface area contributed by atoms with Crippen molar-refractivity contribution >= 4 is 21.7 Å². The summed E-state index contributed by atoms with van der Waals surface area (Å²) >= 11 is 0. The minimum atomic E-state index is -3.56. The highest BCUT2D eigenvalue weighted by atomic mass is 32.2. The summed E-state index contributed by atoms with van der Waals surface area (Å²) in [6, 6.07) is 5.49. The maximum atomic E-state index is 12.1. The van der Waals surface area contributed by atoms with Gasteiger partial charge in [-0.25, -0.2) is 13.2 Å². The molecule has 0 saturated heterocycles. The molecule has 6 nitrogen and oxygen atoms in total. The first kappa shape index (κ1) is 15.5. The van der Waals surface area contributed by atoms with Crippen molar-refractivity contribution in [3.8, 4) is 0 Å². The molecular formula is C12H17NO5S. The van der Waals surface area contributed by atoms with Gasteiger partial charge in [0.15, 0.2) is 0 Å². The highest BCUT2D eigenvalue weighted by molar-refractivity contribution is 7.93. The lowest BCUT2D eigenvalue weighted by Gasteiger charge is -2.25. The Morgan fingerprint density at radius 3 is 2.16 bits per heavy atom. The quantitative estimate of drug-likeness (QED) is 0.811. The standard InChI is InChI=1S/C12H17NO5S/c1-9(2)19(17,18)13(7-8-14)11-5-3-10(4-6-11)12(15)16/h3-6,9,14H,7-8H2,1-2H3,(H,15,16). The van der Waals surface area contributed by atoms with E-state index in [1.165, 1.54) is 24.3 Å². The summed E-state index contributed by atoms with van der Waals surface area (Å²) in [7, 11) is -3.56. The predicted octanol–water partition coefficient (Wildman–Crippen LogP) is 0.922.